The van der Waals surface area contributed by atoms with Crippen molar-refractivity contribution in [2.24, 2.45) is 7.05 Å². The predicted molar refractivity (Wildman–Crippen MR) is 58.0 cm³/mol. The lowest BCUT2D eigenvalue weighted by molar-refractivity contribution is 0.416. The van der Waals surface area contributed by atoms with Crippen LogP contribution in [0.5, 0.6) is 5.75 Å². The number of aromatic nitrogens is 3. The van der Waals surface area contributed by atoms with Gasteiger partial charge in [-0.15, -0.1) is 0 Å². The van der Waals surface area contributed by atoms with Crippen LogP contribution in [0.25, 0.3) is 11.1 Å². The normalized spacial score (nSPS) is 10.3. The Bertz CT molecular complexity index is 481. The summed E-state index contributed by atoms with van der Waals surface area (Å²) in [4.78, 5) is 4.02. The van der Waals surface area contributed by atoms with Gasteiger partial charge in [-0.1, -0.05) is 11.6 Å². The van der Waals surface area contributed by atoms with Gasteiger partial charge in [0.2, 0.25) is 0 Å². The molecule has 0 unspecified atom stereocenters. The second kappa shape index (κ2) is 3.90. The van der Waals surface area contributed by atoms with Crippen molar-refractivity contribution in [2.45, 2.75) is 0 Å². The van der Waals surface area contributed by atoms with Gasteiger partial charge in [-0.3, -0.25) is 4.68 Å². The Balaban J connectivity index is 2.52. The molecule has 0 bridgehead atoms. The van der Waals surface area contributed by atoms with E-state index < -0.39 is 0 Å². The first-order valence-electron chi connectivity index (χ1n) is 4.39. The molecule has 0 aliphatic heterocycles. The van der Waals surface area contributed by atoms with E-state index in [4.69, 9.17) is 16.3 Å². The maximum absolute atomic E-state index is 5.78. The van der Waals surface area contributed by atoms with Gasteiger partial charge in [0.15, 0.2) is 0 Å². The molecule has 0 N–H and O–H groups in total. The van der Waals surface area contributed by atoms with Crippen molar-refractivity contribution in [3.63, 3.8) is 0 Å². The highest BCUT2D eigenvalue weighted by atomic mass is 35.5. The van der Waals surface area contributed by atoms with Gasteiger partial charge in [0.25, 0.3) is 0 Å². The molecule has 2 aromatic heterocycles. The van der Waals surface area contributed by atoms with Crippen LogP contribution in [0.2, 0.25) is 5.15 Å². The number of hydrogen-bond donors (Lipinski definition) is 0. The molecule has 2 heterocycles. The zero-order valence-corrected chi connectivity index (χ0v) is 9.19. The van der Waals surface area contributed by atoms with Crippen LogP contribution in [-0.4, -0.2) is 21.9 Å². The van der Waals surface area contributed by atoms with Gasteiger partial charge < -0.3 is 4.74 Å². The van der Waals surface area contributed by atoms with Gasteiger partial charge >= 0.3 is 0 Å². The Morgan fingerprint density at radius 3 is 2.80 bits per heavy atom. The van der Waals surface area contributed by atoms with Gasteiger partial charge in [-0.25, -0.2) is 4.98 Å². The van der Waals surface area contributed by atoms with Crippen molar-refractivity contribution in [1.29, 1.82) is 0 Å². The van der Waals surface area contributed by atoms with Crippen LogP contribution < -0.4 is 4.74 Å². The second-order valence-electron chi connectivity index (χ2n) is 3.11. The predicted octanol–water partition coefficient (Wildman–Crippen LogP) is 2.14. The van der Waals surface area contributed by atoms with Gasteiger partial charge in [0, 0.05) is 36.6 Å². The Kier molecular flexibility index (Phi) is 2.60. The third-order valence-corrected chi connectivity index (χ3v) is 2.28. The maximum Gasteiger partial charge on any atom is 0.132 e. The third-order valence-electron chi connectivity index (χ3n) is 2.07. The summed E-state index contributed by atoms with van der Waals surface area (Å²) < 4.78 is 6.95. The zero-order valence-electron chi connectivity index (χ0n) is 8.44. The van der Waals surface area contributed by atoms with Crippen molar-refractivity contribution in [3.8, 4) is 16.9 Å². The van der Waals surface area contributed by atoms with Crippen molar-refractivity contribution in [1.82, 2.24) is 14.8 Å². The second-order valence-corrected chi connectivity index (χ2v) is 3.50. The minimum Gasteiger partial charge on any atom is -0.496 e. The largest absolute Gasteiger partial charge is 0.496 e. The van der Waals surface area contributed by atoms with Crippen LogP contribution in [0.3, 0.4) is 0 Å². The molecule has 0 saturated heterocycles. The Morgan fingerprint density at radius 2 is 2.20 bits per heavy atom. The van der Waals surface area contributed by atoms with Gasteiger partial charge in [-0.05, 0) is 0 Å². The Morgan fingerprint density at radius 1 is 1.40 bits per heavy atom. The molecule has 0 radical (unpaired) electrons. The summed E-state index contributed by atoms with van der Waals surface area (Å²) in [5.74, 6) is 0.697. The molecule has 0 saturated carbocycles. The molecule has 0 aromatic carbocycles. The van der Waals surface area contributed by atoms with E-state index in [0.29, 0.717) is 10.9 Å². The number of halogens is 1. The van der Waals surface area contributed by atoms with E-state index in [1.54, 1.807) is 30.3 Å². The molecule has 0 aliphatic rings. The number of ether oxygens (including phenoxy) is 1. The fourth-order valence-corrected chi connectivity index (χ4v) is 1.51. The van der Waals surface area contributed by atoms with E-state index in [0.717, 1.165) is 11.1 Å². The molecule has 0 fully saturated rings. The van der Waals surface area contributed by atoms with Crippen molar-refractivity contribution >= 4 is 11.6 Å². The smallest absolute Gasteiger partial charge is 0.132 e. The van der Waals surface area contributed by atoms with Crippen molar-refractivity contribution in [3.05, 3.63) is 29.8 Å². The summed E-state index contributed by atoms with van der Waals surface area (Å²) >= 11 is 5.78. The van der Waals surface area contributed by atoms with Crippen LogP contribution in [0, 0.1) is 0 Å². The fourth-order valence-electron chi connectivity index (χ4n) is 1.36. The zero-order chi connectivity index (χ0) is 10.8. The van der Waals surface area contributed by atoms with Crippen molar-refractivity contribution < 1.29 is 4.74 Å². The lowest BCUT2D eigenvalue weighted by atomic mass is 10.1. The average Bonchev–Trinajstić information content (AvgIpc) is 2.64. The quantitative estimate of drug-likeness (QED) is 0.733. The SMILES string of the molecule is COc1cc(Cl)ncc1-c1cnn(C)c1. The molecule has 4 nitrogen and oxygen atoms in total. The number of rotatable bonds is 2. The van der Waals surface area contributed by atoms with E-state index in [1.165, 1.54) is 0 Å². The number of nitrogens with zero attached hydrogens (tertiary/aromatic N) is 3. The first-order chi connectivity index (χ1) is 7.20. The molecule has 15 heavy (non-hydrogen) atoms. The van der Waals surface area contributed by atoms with Gasteiger partial charge in [0.05, 0.1) is 13.3 Å². The summed E-state index contributed by atoms with van der Waals surface area (Å²) in [5, 5.41) is 4.51. The van der Waals surface area contributed by atoms with Crippen LogP contribution in [-0.2, 0) is 7.05 Å². The lowest BCUT2D eigenvalue weighted by Crippen LogP contribution is -1.89. The average molecular weight is 224 g/mol. The molecule has 5 heteroatoms. The molecule has 0 amide bonds. The van der Waals surface area contributed by atoms with E-state index in [-0.39, 0.29) is 0 Å². The summed E-state index contributed by atoms with van der Waals surface area (Å²) in [6.45, 7) is 0. The Hall–Kier alpha value is -1.55. The number of pyridine rings is 1. The Labute approximate surface area is 92.5 Å². The van der Waals surface area contributed by atoms with Crippen LogP contribution >= 0.6 is 11.6 Å². The first kappa shape index (κ1) is 9.98. The van der Waals surface area contributed by atoms with Crippen molar-refractivity contribution in [2.75, 3.05) is 7.11 Å². The van der Waals surface area contributed by atoms with Gasteiger partial charge in [-0.2, -0.15) is 5.10 Å². The van der Waals surface area contributed by atoms with E-state index in [9.17, 15) is 0 Å². The summed E-state index contributed by atoms with van der Waals surface area (Å²) in [5.41, 5.74) is 1.84. The molecule has 0 spiro atoms. The third kappa shape index (κ3) is 1.94. The highest BCUT2D eigenvalue weighted by Crippen LogP contribution is 2.30. The van der Waals surface area contributed by atoms with E-state index in [1.807, 2.05) is 13.2 Å². The van der Waals surface area contributed by atoms with Crippen LogP contribution in [0.15, 0.2) is 24.7 Å². The van der Waals surface area contributed by atoms with Gasteiger partial charge in [0.1, 0.15) is 10.9 Å². The molecular formula is C10H10ClN3O. The van der Waals surface area contributed by atoms with E-state index >= 15 is 0 Å². The maximum atomic E-state index is 5.78. The first-order valence-corrected chi connectivity index (χ1v) is 4.77. The molecular weight excluding hydrogens is 214 g/mol. The summed E-state index contributed by atoms with van der Waals surface area (Å²) in [7, 11) is 3.46. The highest BCUT2D eigenvalue weighted by molar-refractivity contribution is 6.29. The summed E-state index contributed by atoms with van der Waals surface area (Å²) in [6, 6.07) is 1.68. The lowest BCUT2D eigenvalue weighted by Gasteiger charge is -2.05. The fraction of sp³-hybridized carbons (Fsp3) is 0.200. The molecule has 2 rings (SSSR count). The van der Waals surface area contributed by atoms with Crippen LogP contribution in [0.1, 0.15) is 0 Å². The monoisotopic (exact) mass is 223 g/mol. The van der Waals surface area contributed by atoms with E-state index in [2.05, 4.69) is 10.1 Å². The summed E-state index contributed by atoms with van der Waals surface area (Å²) in [6.07, 6.45) is 5.33. The van der Waals surface area contributed by atoms with Crippen LogP contribution in [0.4, 0.5) is 0 Å². The highest BCUT2D eigenvalue weighted by Gasteiger charge is 2.08. The standard InChI is InChI=1S/C10H10ClN3O/c1-14-6-7(4-13-14)8-5-12-10(11)3-9(8)15-2/h3-6H,1-2H3. The minimum absolute atomic E-state index is 0.416. The molecule has 2 aromatic rings. The molecule has 78 valence electrons. The number of aryl methyl sites for hydroxylation is 1. The minimum atomic E-state index is 0.416. The molecule has 0 atom stereocenters. The number of methoxy groups -OCH3 is 1. The topological polar surface area (TPSA) is 39.9 Å². The molecule has 0 aliphatic carbocycles. The number of hydrogen-bond acceptors (Lipinski definition) is 3.